The molecule has 0 bridgehead atoms. The highest BCUT2D eigenvalue weighted by Crippen LogP contribution is 2.53. The van der Waals surface area contributed by atoms with Gasteiger partial charge in [-0.1, -0.05) is 78.9 Å². The van der Waals surface area contributed by atoms with Gasteiger partial charge in [0.05, 0.1) is 17.1 Å². The molecule has 7 aromatic rings. The van der Waals surface area contributed by atoms with Gasteiger partial charge in [-0.3, -0.25) is 0 Å². The summed E-state index contributed by atoms with van der Waals surface area (Å²) in [5.74, 6) is 1.76. The number of benzene rings is 6. The molecule has 5 heteroatoms. The van der Waals surface area contributed by atoms with Gasteiger partial charge in [-0.2, -0.15) is 0 Å². The van der Waals surface area contributed by atoms with Gasteiger partial charge >= 0.3 is 0 Å². The zero-order chi connectivity index (χ0) is 26.7. The molecule has 0 amide bonds. The van der Waals surface area contributed by atoms with E-state index in [0.717, 1.165) is 50.5 Å². The number of nitrogens with zero attached hydrogens (tertiary/aromatic N) is 2. The molecule has 0 radical (unpaired) electrons. The Morgan fingerprint density at radius 3 is 2.05 bits per heavy atom. The first kappa shape index (κ1) is 21.4. The Balaban J connectivity index is 1.32. The van der Waals surface area contributed by atoms with Crippen LogP contribution in [0.25, 0.3) is 21.9 Å². The summed E-state index contributed by atoms with van der Waals surface area (Å²) in [5, 5.41) is 2.26. The van der Waals surface area contributed by atoms with E-state index in [-0.39, 0.29) is 6.71 Å². The van der Waals surface area contributed by atoms with Crippen LogP contribution in [-0.2, 0) is 0 Å². The van der Waals surface area contributed by atoms with E-state index >= 15 is 0 Å². The zero-order valence-electron chi connectivity index (χ0n) is 21.9. The van der Waals surface area contributed by atoms with Crippen molar-refractivity contribution in [2.24, 2.45) is 0 Å². The van der Waals surface area contributed by atoms with Crippen LogP contribution >= 0.6 is 0 Å². The minimum atomic E-state index is 0.0728. The molecular formula is C36H21BN2O2. The van der Waals surface area contributed by atoms with Crippen molar-refractivity contribution in [3.63, 3.8) is 0 Å². The summed E-state index contributed by atoms with van der Waals surface area (Å²) in [7, 11) is 0. The van der Waals surface area contributed by atoms with Gasteiger partial charge in [0.1, 0.15) is 5.58 Å². The summed E-state index contributed by atoms with van der Waals surface area (Å²) in [5.41, 5.74) is 12.4. The van der Waals surface area contributed by atoms with Crippen molar-refractivity contribution >= 4 is 79.2 Å². The number of anilines is 6. The molecule has 0 saturated carbocycles. The van der Waals surface area contributed by atoms with E-state index in [4.69, 9.17) is 9.15 Å². The predicted octanol–water partition coefficient (Wildman–Crippen LogP) is 7.77. The molecule has 0 fully saturated rings. The van der Waals surface area contributed by atoms with E-state index in [1.807, 2.05) is 18.2 Å². The first-order valence-electron chi connectivity index (χ1n) is 14.0. The maximum Gasteiger partial charge on any atom is 0.252 e. The highest BCUT2D eigenvalue weighted by molar-refractivity contribution is 7.00. The van der Waals surface area contributed by atoms with Gasteiger partial charge in [-0.05, 0) is 64.9 Å². The molecule has 190 valence electrons. The Bertz CT molecular complexity index is 2240. The number of para-hydroxylation sites is 6. The quantitative estimate of drug-likeness (QED) is 0.205. The minimum Gasteiger partial charge on any atom is -0.454 e. The Morgan fingerprint density at radius 2 is 1.10 bits per heavy atom. The average molecular weight is 524 g/mol. The summed E-state index contributed by atoms with van der Waals surface area (Å²) in [6.07, 6.45) is 0. The monoisotopic (exact) mass is 524 g/mol. The third-order valence-electron chi connectivity index (χ3n) is 8.83. The predicted molar refractivity (Wildman–Crippen MR) is 168 cm³/mol. The molecule has 0 atom stereocenters. The second-order valence-electron chi connectivity index (χ2n) is 10.9. The summed E-state index contributed by atoms with van der Waals surface area (Å²) in [4.78, 5) is 4.79. The Labute approximate surface area is 236 Å². The standard InChI is InChI=1S/C36H21BN2O2/c1-5-19-31-22(10-1)23-11-7-18-30(36(23)41-31)38-26-14-3-2-12-24(26)37-25-13-8-21-33-35(25)39(27-15-4-6-20-32(27)40-33)29-17-9-16-28(38)34(29)37/h1-21H. The fraction of sp³-hybridized carbons (Fsp3) is 0. The summed E-state index contributed by atoms with van der Waals surface area (Å²) in [6, 6.07) is 45.1. The van der Waals surface area contributed by atoms with Crippen molar-refractivity contribution in [1.82, 2.24) is 0 Å². The number of ether oxygens (including phenoxy) is 1. The van der Waals surface area contributed by atoms with Crippen molar-refractivity contribution in [3.8, 4) is 11.5 Å². The van der Waals surface area contributed by atoms with Crippen molar-refractivity contribution in [2.75, 3.05) is 9.80 Å². The molecule has 0 aliphatic carbocycles. The van der Waals surface area contributed by atoms with Crippen LogP contribution in [0.4, 0.5) is 34.1 Å². The average Bonchev–Trinajstić information content (AvgIpc) is 3.41. The molecule has 1 aromatic heterocycles. The number of rotatable bonds is 1. The molecule has 41 heavy (non-hydrogen) atoms. The molecule has 4 heterocycles. The van der Waals surface area contributed by atoms with Crippen molar-refractivity contribution < 1.29 is 9.15 Å². The van der Waals surface area contributed by atoms with Gasteiger partial charge < -0.3 is 19.0 Å². The van der Waals surface area contributed by atoms with Crippen LogP contribution in [-0.4, -0.2) is 6.71 Å². The van der Waals surface area contributed by atoms with Gasteiger partial charge in [-0.25, -0.2) is 0 Å². The highest BCUT2D eigenvalue weighted by atomic mass is 16.5. The van der Waals surface area contributed by atoms with E-state index in [1.165, 1.54) is 33.5 Å². The second-order valence-corrected chi connectivity index (χ2v) is 10.9. The third kappa shape index (κ3) is 2.66. The van der Waals surface area contributed by atoms with Gasteiger partial charge in [0, 0.05) is 27.8 Å². The fourth-order valence-corrected chi connectivity index (χ4v) is 7.25. The summed E-state index contributed by atoms with van der Waals surface area (Å²) in [6.45, 7) is 0.0728. The lowest BCUT2D eigenvalue weighted by molar-refractivity contribution is 0.477. The highest BCUT2D eigenvalue weighted by Gasteiger charge is 2.45. The molecule has 3 aliphatic heterocycles. The maximum absolute atomic E-state index is 6.57. The van der Waals surface area contributed by atoms with E-state index < -0.39 is 0 Å². The molecule has 3 aliphatic rings. The van der Waals surface area contributed by atoms with Gasteiger partial charge in [0.15, 0.2) is 17.1 Å². The van der Waals surface area contributed by atoms with Crippen LogP contribution in [0.2, 0.25) is 0 Å². The third-order valence-corrected chi connectivity index (χ3v) is 8.83. The number of fused-ring (bicyclic) bond motifs is 9. The van der Waals surface area contributed by atoms with Crippen molar-refractivity contribution in [3.05, 3.63) is 127 Å². The molecule has 0 unspecified atom stereocenters. The van der Waals surface area contributed by atoms with Crippen molar-refractivity contribution in [2.45, 2.75) is 0 Å². The Morgan fingerprint density at radius 1 is 0.463 bits per heavy atom. The normalized spacial score (nSPS) is 13.9. The molecule has 0 spiro atoms. The van der Waals surface area contributed by atoms with Crippen LogP contribution in [0, 0.1) is 0 Å². The summed E-state index contributed by atoms with van der Waals surface area (Å²) >= 11 is 0. The first-order valence-corrected chi connectivity index (χ1v) is 14.0. The van der Waals surface area contributed by atoms with Crippen LogP contribution in [0.15, 0.2) is 132 Å². The smallest absolute Gasteiger partial charge is 0.252 e. The van der Waals surface area contributed by atoms with Gasteiger partial charge in [-0.15, -0.1) is 0 Å². The van der Waals surface area contributed by atoms with Gasteiger partial charge in [0.25, 0.3) is 6.71 Å². The molecule has 6 aromatic carbocycles. The van der Waals surface area contributed by atoms with Crippen LogP contribution < -0.4 is 30.9 Å². The minimum absolute atomic E-state index is 0.0728. The molecule has 4 nitrogen and oxygen atoms in total. The largest absolute Gasteiger partial charge is 0.454 e. The Kier molecular flexibility index (Phi) is 3.98. The van der Waals surface area contributed by atoms with E-state index in [1.54, 1.807) is 0 Å². The Hall–Kier alpha value is -5.42. The van der Waals surface area contributed by atoms with E-state index in [9.17, 15) is 0 Å². The number of furan rings is 1. The zero-order valence-corrected chi connectivity index (χ0v) is 21.9. The van der Waals surface area contributed by atoms with Crippen molar-refractivity contribution in [1.29, 1.82) is 0 Å². The first-order chi connectivity index (χ1) is 20.4. The SMILES string of the molecule is c1ccc2c(c1)Oc1cccc3c1N2c1cccc2c1B3c1ccccc1N2c1cccc2c1oc1ccccc12. The van der Waals surface area contributed by atoms with E-state index in [2.05, 4.69) is 119 Å². The number of hydrogen-bond donors (Lipinski definition) is 0. The molecule has 0 saturated heterocycles. The molecule has 0 N–H and O–H groups in total. The fourth-order valence-electron chi connectivity index (χ4n) is 7.25. The number of hydrogen-bond acceptors (Lipinski definition) is 4. The van der Waals surface area contributed by atoms with Gasteiger partial charge in [0.2, 0.25) is 0 Å². The lowest BCUT2D eigenvalue weighted by Gasteiger charge is -2.45. The molecular weight excluding hydrogens is 503 g/mol. The van der Waals surface area contributed by atoms with E-state index in [0.29, 0.717) is 0 Å². The van der Waals surface area contributed by atoms with Crippen LogP contribution in [0.1, 0.15) is 0 Å². The second kappa shape index (κ2) is 7.61. The lowest BCUT2D eigenvalue weighted by Crippen LogP contribution is -2.61. The maximum atomic E-state index is 6.57. The topological polar surface area (TPSA) is 28.9 Å². The lowest BCUT2D eigenvalue weighted by atomic mass is 9.33. The molecule has 10 rings (SSSR count). The summed E-state index contributed by atoms with van der Waals surface area (Å²) < 4.78 is 13.0. The van der Waals surface area contributed by atoms with Crippen LogP contribution in [0.3, 0.4) is 0 Å². The van der Waals surface area contributed by atoms with Crippen LogP contribution in [0.5, 0.6) is 11.5 Å².